The molecule has 0 N–H and O–H groups in total. The molecule has 0 fully saturated rings. The summed E-state index contributed by atoms with van der Waals surface area (Å²) >= 11 is 0. The minimum Gasteiger partial charge on any atom is -0.387 e. The maximum Gasteiger partial charge on any atom is 0.270 e. The molecule has 1 atom stereocenters. The normalized spacial score (nSPS) is 16.0. The van der Waals surface area contributed by atoms with Crippen LogP contribution < -0.4 is 0 Å². The SMILES string of the molecule is O=C(C1=NOC(c2cccc([N+](=O)[O-])c2)C1)c1cccc([N+](=O)[O-])c1. The number of hydrogen-bond donors (Lipinski definition) is 0. The lowest BCUT2D eigenvalue weighted by Gasteiger charge is -2.07. The molecule has 1 heterocycles. The summed E-state index contributed by atoms with van der Waals surface area (Å²) in [6.07, 6.45) is -0.486. The summed E-state index contributed by atoms with van der Waals surface area (Å²) < 4.78 is 0. The van der Waals surface area contributed by atoms with Crippen LogP contribution in [0.5, 0.6) is 0 Å². The second kappa shape index (κ2) is 6.48. The van der Waals surface area contributed by atoms with Gasteiger partial charge in [0.25, 0.3) is 11.4 Å². The molecule has 2 aromatic rings. The van der Waals surface area contributed by atoms with Gasteiger partial charge in [-0.2, -0.15) is 0 Å². The zero-order valence-corrected chi connectivity index (χ0v) is 12.7. The number of oxime groups is 1. The number of carbonyl (C=O) groups is 1. The topological polar surface area (TPSA) is 125 Å². The number of nitrogens with zero attached hydrogens (tertiary/aromatic N) is 3. The van der Waals surface area contributed by atoms with Crippen LogP contribution in [0.4, 0.5) is 11.4 Å². The predicted molar refractivity (Wildman–Crippen MR) is 86.4 cm³/mol. The molecule has 9 heteroatoms. The molecule has 0 aliphatic carbocycles. The van der Waals surface area contributed by atoms with Gasteiger partial charge in [-0.25, -0.2) is 0 Å². The number of benzene rings is 2. The standard InChI is InChI=1S/C16H11N3O6/c20-16(11-4-2-6-13(8-11)19(23)24)14-9-15(25-17-14)10-3-1-5-12(7-10)18(21)22/h1-8,15H,9H2. The van der Waals surface area contributed by atoms with Crippen molar-refractivity contribution in [1.29, 1.82) is 0 Å². The first-order valence-electron chi connectivity index (χ1n) is 7.22. The molecule has 1 aliphatic heterocycles. The third-order valence-corrected chi connectivity index (χ3v) is 3.70. The van der Waals surface area contributed by atoms with E-state index in [-0.39, 0.29) is 29.1 Å². The average Bonchev–Trinajstić information content (AvgIpc) is 3.11. The summed E-state index contributed by atoms with van der Waals surface area (Å²) in [6, 6.07) is 11.2. The fourth-order valence-electron chi connectivity index (χ4n) is 2.46. The van der Waals surface area contributed by atoms with Crippen molar-refractivity contribution in [2.75, 3.05) is 0 Å². The lowest BCUT2D eigenvalue weighted by molar-refractivity contribution is -0.385. The third-order valence-electron chi connectivity index (χ3n) is 3.70. The van der Waals surface area contributed by atoms with Crippen molar-refractivity contribution in [1.82, 2.24) is 0 Å². The highest BCUT2D eigenvalue weighted by molar-refractivity contribution is 6.46. The highest BCUT2D eigenvalue weighted by Gasteiger charge is 2.29. The minimum atomic E-state index is -0.613. The monoisotopic (exact) mass is 341 g/mol. The van der Waals surface area contributed by atoms with Crippen LogP contribution in [0.1, 0.15) is 28.4 Å². The highest BCUT2D eigenvalue weighted by Crippen LogP contribution is 2.30. The minimum absolute atomic E-state index is 0.0837. The molecular weight excluding hydrogens is 330 g/mol. The van der Waals surface area contributed by atoms with Gasteiger partial charge >= 0.3 is 0 Å². The Morgan fingerprint density at radius 3 is 2.36 bits per heavy atom. The van der Waals surface area contributed by atoms with Crippen LogP contribution >= 0.6 is 0 Å². The van der Waals surface area contributed by atoms with E-state index in [1.165, 1.54) is 42.5 Å². The molecular formula is C16H11N3O6. The summed E-state index contributed by atoms with van der Waals surface area (Å²) in [6.45, 7) is 0. The van der Waals surface area contributed by atoms with Gasteiger partial charge in [-0.3, -0.25) is 25.0 Å². The summed E-state index contributed by atoms with van der Waals surface area (Å²) in [5.74, 6) is -0.475. The second-order valence-corrected chi connectivity index (χ2v) is 5.32. The number of carbonyl (C=O) groups excluding carboxylic acids is 1. The molecule has 9 nitrogen and oxygen atoms in total. The van der Waals surface area contributed by atoms with Crippen LogP contribution in [0, 0.1) is 20.2 Å². The Labute approximate surface area is 140 Å². The number of Topliss-reactive ketones (excluding diaryl/α,β-unsaturated/α-hetero) is 1. The van der Waals surface area contributed by atoms with Crippen molar-refractivity contribution < 1.29 is 19.5 Å². The molecule has 2 aromatic carbocycles. The lowest BCUT2D eigenvalue weighted by Crippen LogP contribution is -2.13. The molecule has 0 aromatic heterocycles. The van der Waals surface area contributed by atoms with Crippen LogP contribution in [-0.2, 0) is 4.84 Å². The number of hydrogen-bond acceptors (Lipinski definition) is 7. The van der Waals surface area contributed by atoms with Gasteiger partial charge in [0.2, 0.25) is 5.78 Å². The molecule has 0 saturated heterocycles. The zero-order valence-electron chi connectivity index (χ0n) is 12.7. The zero-order chi connectivity index (χ0) is 18.0. The van der Waals surface area contributed by atoms with Crippen LogP contribution in [0.25, 0.3) is 0 Å². The highest BCUT2D eigenvalue weighted by atomic mass is 16.6. The van der Waals surface area contributed by atoms with Gasteiger partial charge < -0.3 is 4.84 Å². The van der Waals surface area contributed by atoms with Gasteiger partial charge in [-0.1, -0.05) is 29.4 Å². The molecule has 0 spiro atoms. The van der Waals surface area contributed by atoms with E-state index in [0.717, 1.165) is 0 Å². The van der Waals surface area contributed by atoms with Crippen molar-refractivity contribution in [2.24, 2.45) is 5.16 Å². The molecule has 126 valence electrons. The van der Waals surface area contributed by atoms with Crippen LogP contribution in [0.15, 0.2) is 53.7 Å². The van der Waals surface area contributed by atoms with Crippen molar-refractivity contribution in [3.05, 3.63) is 79.9 Å². The Bertz CT molecular complexity index is 908. The average molecular weight is 341 g/mol. The van der Waals surface area contributed by atoms with Gasteiger partial charge in [0.05, 0.1) is 9.85 Å². The molecule has 25 heavy (non-hydrogen) atoms. The number of rotatable bonds is 5. The largest absolute Gasteiger partial charge is 0.387 e. The van der Waals surface area contributed by atoms with Gasteiger partial charge in [-0.05, 0) is 0 Å². The number of nitro groups is 2. The molecule has 1 unspecified atom stereocenters. The van der Waals surface area contributed by atoms with E-state index in [1.54, 1.807) is 6.07 Å². The smallest absolute Gasteiger partial charge is 0.270 e. The molecule has 0 amide bonds. The van der Waals surface area contributed by atoms with E-state index >= 15 is 0 Å². The van der Waals surface area contributed by atoms with Gasteiger partial charge in [0, 0.05) is 41.8 Å². The van der Waals surface area contributed by atoms with Crippen LogP contribution in [0.2, 0.25) is 0 Å². The first-order valence-corrected chi connectivity index (χ1v) is 7.22. The second-order valence-electron chi connectivity index (χ2n) is 5.32. The Hall–Kier alpha value is -3.62. The van der Waals surface area contributed by atoms with E-state index in [0.29, 0.717) is 5.56 Å². The third kappa shape index (κ3) is 3.34. The van der Waals surface area contributed by atoms with Crippen molar-refractivity contribution >= 4 is 22.9 Å². The van der Waals surface area contributed by atoms with Crippen molar-refractivity contribution in [3.8, 4) is 0 Å². The Morgan fingerprint density at radius 1 is 1.04 bits per heavy atom. The van der Waals surface area contributed by atoms with E-state index < -0.39 is 21.7 Å². The van der Waals surface area contributed by atoms with Gasteiger partial charge in [-0.15, -0.1) is 0 Å². The Balaban J connectivity index is 1.77. The van der Waals surface area contributed by atoms with E-state index in [2.05, 4.69) is 5.16 Å². The van der Waals surface area contributed by atoms with Gasteiger partial charge in [0.15, 0.2) is 6.10 Å². The first-order chi connectivity index (χ1) is 12.0. The molecule has 1 aliphatic rings. The summed E-state index contributed by atoms with van der Waals surface area (Å²) in [5, 5.41) is 25.4. The summed E-state index contributed by atoms with van der Waals surface area (Å²) in [7, 11) is 0. The quantitative estimate of drug-likeness (QED) is 0.467. The number of non-ortho nitro benzene ring substituents is 2. The lowest BCUT2D eigenvalue weighted by atomic mass is 9.99. The Kier molecular flexibility index (Phi) is 4.21. The summed E-state index contributed by atoms with van der Waals surface area (Å²) in [4.78, 5) is 38.2. The van der Waals surface area contributed by atoms with E-state index in [4.69, 9.17) is 4.84 Å². The first kappa shape index (κ1) is 16.2. The Morgan fingerprint density at radius 2 is 1.68 bits per heavy atom. The predicted octanol–water partition coefficient (Wildman–Crippen LogP) is 3.20. The molecule has 0 bridgehead atoms. The maximum atomic E-state index is 12.4. The van der Waals surface area contributed by atoms with Gasteiger partial charge in [0.1, 0.15) is 5.71 Å². The van der Waals surface area contributed by atoms with E-state index in [1.807, 2.05) is 0 Å². The van der Waals surface area contributed by atoms with Crippen molar-refractivity contribution in [3.63, 3.8) is 0 Å². The van der Waals surface area contributed by atoms with Crippen LogP contribution in [-0.4, -0.2) is 21.3 Å². The van der Waals surface area contributed by atoms with E-state index in [9.17, 15) is 25.0 Å². The number of nitro benzene ring substituents is 2. The molecule has 0 saturated carbocycles. The number of ketones is 1. The van der Waals surface area contributed by atoms with Crippen LogP contribution in [0.3, 0.4) is 0 Å². The molecule has 3 rings (SSSR count). The molecule has 0 radical (unpaired) electrons. The maximum absolute atomic E-state index is 12.4. The fourth-order valence-corrected chi connectivity index (χ4v) is 2.46. The fraction of sp³-hybridized carbons (Fsp3) is 0.125. The van der Waals surface area contributed by atoms with Crippen molar-refractivity contribution in [2.45, 2.75) is 12.5 Å². The summed E-state index contributed by atoms with van der Waals surface area (Å²) in [5.41, 5.74) is 0.494.